The molecule has 0 aliphatic carbocycles. The third kappa shape index (κ3) is 31.3. The third-order valence-corrected chi connectivity index (χ3v) is 9.14. The maximum atomic E-state index is 12.7. The van der Waals surface area contributed by atoms with Gasteiger partial charge in [0.25, 0.3) is 0 Å². The Morgan fingerprint density at radius 3 is 1.50 bits per heavy atom. The summed E-state index contributed by atoms with van der Waals surface area (Å²) in [6, 6.07) is -0.957. The average Bonchev–Trinajstić information content (AvgIpc) is 3.07. The van der Waals surface area contributed by atoms with Crippen molar-refractivity contribution in [1.82, 2.24) is 5.32 Å². The summed E-state index contributed by atoms with van der Waals surface area (Å²) in [6.07, 6.45) is 32.0. The van der Waals surface area contributed by atoms with Crippen molar-refractivity contribution >= 4 is 17.8 Å². The molecule has 0 aromatic heterocycles. The normalized spacial score (nSPS) is 13.4. The van der Waals surface area contributed by atoms with E-state index in [1.165, 1.54) is 103 Å². The molecular formula is C40H75NO7. The molecule has 0 aromatic carbocycles. The Morgan fingerprint density at radius 1 is 0.583 bits per heavy atom. The molecule has 0 radical (unpaired) electrons. The molecule has 1 unspecified atom stereocenters. The fraction of sp³-hybridized carbons (Fsp3) is 0.875. The number of allylic oxidation sites excluding steroid dienone is 2. The number of carbonyl (C=O) groups excluding carboxylic acids is 2. The summed E-state index contributed by atoms with van der Waals surface area (Å²) in [4.78, 5) is 35.5. The Morgan fingerprint density at radius 2 is 1.02 bits per heavy atom. The van der Waals surface area contributed by atoms with E-state index in [2.05, 4.69) is 31.3 Å². The number of ether oxygens (including phenoxy) is 1. The molecule has 0 bridgehead atoms. The zero-order valence-electron chi connectivity index (χ0n) is 31.1. The first kappa shape index (κ1) is 46.1. The Labute approximate surface area is 294 Å². The van der Waals surface area contributed by atoms with Gasteiger partial charge in [0.1, 0.15) is 12.7 Å². The molecule has 0 saturated carbocycles. The van der Waals surface area contributed by atoms with Crippen LogP contribution in [-0.4, -0.2) is 58.0 Å². The van der Waals surface area contributed by atoms with Crippen molar-refractivity contribution in [3.8, 4) is 0 Å². The van der Waals surface area contributed by atoms with E-state index < -0.39 is 30.2 Å². The fourth-order valence-electron chi connectivity index (χ4n) is 5.96. The van der Waals surface area contributed by atoms with Gasteiger partial charge < -0.3 is 25.4 Å². The maximum Gasteiger partial charge on any atom is 0.306 e. The molecule has 8 nitrogen and oxygen atoms in total. The van der Waals surface area contributed by atoms with Gasteiger partial charge in [0, 0.05) is 6.42 Å². The molecule has 0 heterocycles. The second-order valence-corrected chi connectivity index (χ2v) is 13.8. The lowest BCUT2D eigenvalue weighted by atomic mass is 9.99. The molecule has 0 saturated heterocycles. The number of rotatable bonds is 36. The zero-order valence-corrected chi connectivity index (χ0v) is 31.1. The van der Waals surface area contributed by atoms with Crippen molar-refractivity contribution in [2.24, 2.45) is 0 Å². The molecule has 0 aliphatic heterocycles. The van der Waals surface area contributed by atoms with Crippen LogP contribution in [0.4, 0.5) is 0 Å². The number of nitrogens with one attached hydrogen (secondary N) is 1. The lowest BCUT2D eigenvalue weighted by Crippen LogP contribution is -2.51. The Hall–Kier alpha value is -1.93. The van der Waals surface area contributed by atoms with Crippen LogP contribution in [0, 0.1) is 0 Å². The summed E-state index contributed by atoms with van der Waals surface area (Å²) in [5.41, 5.74) is 0. The van der Waals surface area contributed by atoms with Crippen molar-refractivity contribution in [1.29, 1.82) is 0 Å². The van der Waals surface area contributed by atoms with Crippen LogP contribution >= 0.6 is 0 Å². The van der Waals surface area contributed by atoms with Crippen molar-refractivity contribution in [3.05, 3.63) is 12.2 Å². The first-order valence-electron chi connectivity index (χ1n) is 20.0. The van der Waals surface area contributed by atoms with Crippen LogP contribution in [0.3, 0.4) is 0 Å². The van der Waals surface area contributed by atoms with Crippen LogP contribution < -0.4 is 5.32 Å². The summed E-state index contributed by atoms with van der Waals surface area (Å²) >= 11 is 0. The van der Waals surface area contributed by atoms with Gasteiger partial charge in [-0.25, -0.2) is 0 Å². The second-order valence-electron chi connectivity index (χ2n) is 13.8. The van der Waals surface area contributed by atoms with E-state index in [0.29, 0.717) is 12.8 Å². The maximum absolute atomic E-state index is 12.7. The number of carbonyl (C=O) groups is 3. The monoisotopic (exact) mass is 682 g/mol. The van der Waals surface area contributed by atoms with E-state index >= 15 is 0 Å². The summed E-state index contributed by atoms with van der Waals surface area (Å²) in [5.74, 6) is -2.07. The number of carboxylic acids is 1. The van der Waals surface area contributed by atoms with Crippen LogP contribution in [0.15, 0.2) is 12.2 Å². The summed E-state index contributed by atoms with van der Waals surface area (Å²) < 4.78 is 5.18. The lowest BCUT2D eigenvalue weighted by molar-refractivity contribution is -0.150. The topological polar surface area (TPSA) is 133 Å². The third-order valence-electron chi connectivity index (χ3n) is 9.14. The van der Waals surface area contributed by atoms with E-state index in [4.69, 9.17) is 9.84 Å². The molecule has 4 N–H and O–H groups in total. The highest BCUT2D eigenvalue weighted by Gasteiger charge is 2.29. The number of unbranched alkanes of at least 4 members (excludes halogenated alkanes) is 22. The predicted molar refractivity (Wildman–Crippen MR) is 197 cm³/mol. The first-order valence-corrected chi connectivity index (χ1v) is 20.0. The van der Waals surface area contributed by atoms with Gasteiger partial charge in [-0.2, -0.15) is 0 Å². The lowest BCUT2D eigenvalue weighted by Gasteiger charge is -2.27. The largest absolute Gasteiger partial charge is 0.481 e. The molecule has 3 atom stereocenters. The quantitative estimate of drug-likeness (QED) is 0.0294. The minimum absolute atomic E-state index is 0.254. The van der Waals surface area contributed by atoms with Gasteiger partial charge in [0.05, 0.1) is 25.0 Å². The number of carboxylic acid groups (broad SMARTS) is 1. The standard InChI is InChI=1S/C40H75NO7/c1-3-5-7-9-11-13-15-17-18-19-21-23-25-27-29-31-37(43)41-35(34-48-39(46)33-32-38(44)45)40(47)36(42)30-28-26-24-22-20-16-14-12-10-8-6-4-2/h17-18,35-36,40,42,47H,3-16,19-34H2,1-2H3,(H,41,43)(H,44,45)/b18-17-/t35-,36+,40?/m0/s1. The predicted octanol–water partition coefficient (Wildman–Crippen LogP) is 9.73. The number of esters is 1. The van der Waals surface area contributed by atoms with Gasteiger partial charge >= 0.3 is 11.9 Å². The number of hydrogen-bond acceptors (Lipinski definition) is 6. The van der Waals surface area contributed by atoms with E-state index in [1.807, 2.05) is 0 Å². The van der Waals surface area contributed by atoms with Crippen LogP contribution in [0.25, 0.3) is 0 Å². The van der Waals surface area contributed by atoms with Crippen LogP contribution in [0.5, 0.6) is 0 Å². The molecule has 0 aliphatic rings. The highest BCUT2D eigenvalue weighted by Crippen LogP contribution is 2.16. The first-order chi connectivity index (χ1) is 23.3. The molecule has 0 aromatic rings. The second kappa shape index (κ2) is 34.9. The molecule has 0 spiro atoms. The van der Waals surface area contributed by atoms with E-state index in [-0.39, 0.29) is 25.4 Å². The molecule has 0 fully saturated rings. The molecule has 8 heteroatoms. The number of amides is 1. The van der Waals surface area contributed by atoms with Crippen LogP contribution in [0.2, 0.25) is 0 Å². The van der Waals surface area contributed by atoms with E-state index in [1.54, 1.807) is 0 Å². The number of aliphatic hydroxyl groups excluding tert-OH is 2. The zero-order chi connectivity index (χ0) is 35.5. The minimum Gasteiger partial charge on any atom is -0.481 e. The number of aliphatic carboxylic acids is 1. The highest BCUT2D eigenvalue weighted by atomic mass is 16.5. The van der Waals surface area contributed by atoms with Crippen molar-refractivity contribution in [2.75, 3.05) is 6.61 Å². The smallest absolute Gasteiger partial charge is 0.306 e. The van der Waals surface area contributed by atoms with Gasteiger partial charge in [0.15, 0.2) is 0 Å². The average molecular weight is 682 g/mol. The van der Waals surface area contributed by atoms with E-state index in [9.17, 15) is 24.6 Å². The van der Waals surface area contributed by atoms with Gasteiger partial charge in [-0.3, -0.25) is 14.4 Å². The number of aliphatic hydroxyl groups is 2. The van der Waals surface area contributed by atoms with Gasteiger partial charge in [-0.05, 0) is 38.5 Å². The summed E-state index contributed by atoms with van der Waals surface area (Å²) in [7, 11) is 0. The Bertz CT molecular complexity index is 788. The SMILES string of the molecule is CCCCCCCC/C=C\CCCCCCCC(=O)N[C@@H](COC(=O)CCC(=O)O)C(O)[C@H](O)CCCCCCCCCCCCCC. The molecule has 1 amide bonds. The van der Waals surface area contributed by atoms with Gasteiger partial charge in [-0.1, -0.05) is 154 Å². The highest BCUT2D eigenvalue weighted by molar-refractivity contribution is 5.77. The Balaban J connectivity index is 4.33. The molecular weight excluding hydrogens is 606 g/mol. The minimum atomic E-state index is -1.29. The number of hydrogen-bond donors (Lipinski definition) is 4. The van der Waals surface area contributed by atoms with Gasteiger partial charge in [-0.15, -0.1) is 0 Å². The summed E-state index contributed by atoms with van der Waals surface area (Å²) in [5, 5.41) is 33.2. The van der Waals surface area contributed by atoms with Crippen LogP contribution in [-0.2, 0) is 19.1 Å². The molecule has 48 heavy (non-hydrogen) atoms. The fourth-order valence-corrected chi connectivity index (χ4v) is 5.96. The summed E-state index contributed by atoms with van der Waals surface area (Å²) in [6.45, 7) is 4.17. The van der Waals surface area contributed by atoms with E-state index in [0.717, 1.165) is 57.8 Å². The Kier molecular flexibility index (Phi) is 33.5. The van der Waals surface area contributed by atoms with Crippen molar-refractivity contribution < 1.29 is 34.4 Å². The molecule has 0 rings (SSSR count). The van der Waals surface area contributed by atoms with Crippen LogP contribution in [0.1, 0.15) is 200 Å². The van der Waals surface area contributed by atoms with Crippen molar-refractivity contribution in [3.63, 3.8) is 0 Å². The van der Waals surface area contributed by atoms with Gasteiger partial charge in [0.2, 0.25) is 5.91 Å². The molecule has 282 valence electrons. The van der Waals surface area contributed by atoms with Crippen molar-refractivity contribution in [2.45, 2.75) is 218 Å².